The summed E-state index contributed by atoms with van der Waals surface area (Å²) >= 11 is 3.53. The van der Waals surface area contributed by atoms with Crippen molar-refractivity contribution in [1.29, 1.82) is 0 Å². The van der Waals surface area contributed by atoms with Gasteiger partial charge in [-0.05, 0) is 61.1 Å². The number of halogens is 1. The molecular formula is C23H24BrNO4. The van der Waals surface area contributed by atoms with Crippen LogP contribution in [0.15, 0.2) is 46.9 Å². The summed E-state index contributed by atoms with van der Waals surface area (Å²) in [5.41, 5.74) is 1.74. The normalized spacial score (nSPS) is 20.9. The molecule has 3 aliphatic rings. The predicted molar refractivity (Wildman–Crippen MR) is 112 cm³/mol. The number of fused-ring (bicyclic) bond motifs is 1. The average molecular weight is 458 g/mol. The van der Waals surface area contributed by atoms with Crippen molar-refractivity contribution in [2.45, 2.75) is 36.5 Å². The maximum absolute atomic E-state index is 13.2. The number of nitrogens with one attached hydrogen (secondary N) is 1. The van der Waals surface area contributed by atoms with Gasteiger partial charge in [0.15, 0.2) is 11.5 Å². The molecule has 5 rings (SSSR count). The summed E-state index contributed by atoms with van der Waals surface area (Å²) in [6.07, 6.45) is 3.54. The molecule has 2 heterocycles. The van der Waals surface area contributed by atoms with E-state index in [1.54, 1.807) is 0 Å². The van der Waals surface area contributed by atoms with Crippen molar-refractivity contribution in [3.8, 4) is 11.5 Å². The lowest BCUT2D eigenvalue weighted by Gasteiger charge is -2.38. The molecular weight excluding hydrogens is 434 g/mol. The SMILES string of the molecule is O=C(NCC1(c2ccc3c(c2)OCO3)CCOCC1)C1(c2cccc(Br)c2)CC1. The Morgan fingerprint density at radius 2 is 1.76 bits per heavy atom. The van der Waals surface area contributed by atoms with E-state index in [1.165, 1.54) is 5.56 Å². The molecule has 2 fully saturated rings. The summed E-state index contributed by atoms with van der Waals surface area (Å²) in [7, 11) is 0. The van der Waals surface area contributed by atoms with Gasteiger partial charge in [-0.1, -0.05) is 34.1 Å². The third-order valence-corrected chi connectivity index (χ3v) is 7.08. The van der Waals surface area contributed by atoms with Crippen molar-refractivity contribution in [3.63, 3.8) is 0 Å². The lowest BCUT2D eigenvalue weighted by Crippen LogP contribution is -2.47. The molecule has 2 aromatic carbocycles. The number of amides is 1. The van der Waals surface area contributed by atoms with Gasteiger partial charge in [-0.3, -0.25) is 4.79 Å². The van der Waals surface area contributed by atoms with Crippen LogP contribution in [0.4, 0.5) is 0 Å². The van der Waals surface area contributed by atoms with Gasteiger partial charge in [0.25, 0.3) is 0 Å². The first-order chi connectivity index (χ1) is 14.1. The number of carbonyl (C=O) groups excluding carboxylic acids is 1. The van der Waals surface area contributed by atoms with Crippen LogP contribution in [0.5, 0.6) is 11.5 Å². The van der Waals surface area contributed by atoms with E-state index in [2.05, 4.69) is 45.5 Å². The second-order valence-electron chi connectivity index (χ2n) is 8.24. The lowest BCUT2D eigenvalue weighted by molar-refractivity contribution is -0.124. The van der Waals surface area contributed by atoms with Crippen molar-refractivity contribution < 1.29 is 19.0 Å². The monoisotopic (exact) mass is 457 g/mol. The Morgan fingerprint density at radius 3 is 2.52 bits per heavy atom. The summed E-state index contributed by atoms with van der Waals surface area (Å²) in [6, 6.07) is 14.3. The van der Waals surface area contributed by atoms with Gasteiger partial charge < -0.3 is 19.5 Å². The Morgan fingerprint density at radius 1 is 0.966 bits per heavy atom. The van der Waals surface area contributed by atoms with Gasteiger partial charge in [0.2, 0.25) is 12.7 Å². The van der Waals surface area contributed by atoms with Crippen molar-refractivity contribution in [3.05, 3.63) is 58.1 Å². The first kappa shape index (κ1) is 18.9. The minimum atomic E-state index is -0.384. The second kappa shape index (κ2) is 7.33. The van der Waals surface area contributed by atoms with Crippen molar-refractivity contribution in [1.82, 2.24) is 5.32 Å². The molecule has 1 amide bonds. The van der Waals surface area contributed by atoms with Crippen molar-refractivity contribution in [2.75, 3.05) is 26.6 Å². The Labute approximate surface area is 178 Å². The van der Waals surface area contributed by atoms with Crippen LogP contribution in [0.2, 0.25) is 0 Å². The molecule has 152 valence electrons. The molecule has 0 spiro atoms. The number of rotatable bonds is 5. The highest BCUT2D eigenvalue weighted by molar-refractivity contribution is 9.10. The molecule has 0 radical (unpaired) electrons. The van der Waals surface area contributed by atoms with Crippen LogP contribution < -0.4 is 14.8 Å². The highest BCUT2D eigenvalue weighted by Crippen LogP contribution is 2.49. The minimum Gasteiger partial charge on any atom is -0.454 e. The maximum Gasteiger partial charge on any atom is 0.231 e. The highest BCUT2D eigenvalue weighted by Gasteiger charge is 2.51. The van der Waals surface area contributed by atoms with E-state index in [0.717, 1.165) is 47.2 Å². The minimum absolute atomic E-state index is 0.127. The van der Waals surface area contributed by atoms with Gasteiger partial charge >= 0.3 is 0 Å². The summed E-state index contributed by atoms with van der Waals surface area (Å²) in [5, 5.41) is 3.30. The van der Waals surface area contributed by atoms with Gasteiger partial charge in [-0.2, -0.15) is 0 Å². The van der Waals surface area contributed by atoms with E-state index in [1.807, 2.05) is 18.2 Å². The van der Waals surface area contributed by atoms with Crippen LogP contribution in [-0.2, 0) is 20.4 Å². The fourth-order valence-corrected chi connectivity index (χ4v) is 4.93. The van der Waals surface area contributed by atoms with E-state index < -0.39 is 0 Å². The quantitative estimate of drug-likeness (QED) is 0.734. The largest absolute Gasteiger partial charge is 0.454 e. The van der Waals surface area contributed by atoms with Crippen LogP contribution in [0.3, 0.4) is 0 Å². The molecule has 2 aliphatic heterocycles. The third kappa shape index (κ3) is 3.42. The second-order valence-corrected chi connectivity index (χ2v) is 9.15. The Bertz CT molecular complexity index is 934. The zero-order chi connectivity index (χ0) is 19.9. The zero-order valence-electron chi connectivity index (χ0n) is 16.2. The summed E-state index contributed by atoms with van der Waals surface area (Å²) in [5.74, 6) is 1.70. The molecule has 29 heavy (non-hydrogen) atoms. The van der Waals surface area contributed by atoms with E-state index in [4.69, 9.17) is 14.2 Å². The fraction of sp³-hybridized carbons (Fsp3) is 0.435. The smallest absolute Gasteiger partial charge is 0.231 e. The lowest BCUT2D eigenvalue weighted by atomic mass is 9.74. The molecule has 5 nitrogen and oxygen atoms in total. The standard InChI is InChI=1S/C23H24BrNO4/c24-18-3-1-2-17(12-18)23(6-7-23)21(26)25-14-22(8-10-27-11-9-22)16-4-5-19-20(13-16)29-15-28-19/h1-5,12-13H,6-11,14-15H2,(H,25,26). The topological polar surface area (TPSA) is 56.8 Å². The van der Waals surface area contributed by atoms with Gasteiger partial charge in [0.1, 0.15) is 0 Å². The summed E-state index contributed by atoms with van der Waals surface area (Å²) < 4.78 is 17.7. The molecule has 6 heteroatoms. The molecule has 0 atom stereocenters. The molecule has 0 aromatic heterocycles. The van der Waals surface area contributed by atoms with E-state index >= 15 is 0 Å². The van der Waals surface area contributed by atoms with Crippen LogP contribution in [0.1, 0.15) is 36.8 Å². The highest BCUT2D eigenvalue weighted by atomic mass is 79.9. The van der Waals surface area contributed by atoms with Gasteiger partial charge in [-0.25, -0.2) is 0 Å². The first-order valence-corrected chi connectivity index (χ1v) is 10.9. The van der Waals surface area contributed by atoms with Gasteiger partial charge in [0, 0.05) is 29.6 Å². The van der Waals surface area contributed by atoms with E-state index in [0.29, 0.717) is 19.8 Å². The van der Waals surface area contributed by atoms with Crippen LogP contribution in [-0.4, -0.2) is 32.5 Å². The Kier molecular flexibility index (Phi) is 4.79. The predicted octanol–water partition coefficient (Wildman–Crippen LogP) is 4.07. The number of carbonyl (C=O) groups is 1. The molecule has 0 unspecified atom stereocenters. The van der Waals surface area contributed by atoms with Gasteiger partial charge in [0.05, 0.1) is 5.41 Å². The fourth-order valence-electron chi connectivity index (χ4n) is 4.53. The number of hydrogen-bond donors (Lipinski definition) is 1. The number of ether oxygens (including phenoxy) is 3. The summed E-state index contributed by atoms with van der Waals surface area (Å²) in [6.45, 7) is 2.26. The first-order valence-electron chi connectivity index (χ1n) is 10.1. The van der Waals surface area contributed by atoms with Gasteiger partial charge in [-0.15, -0.1) is 0 Å². The molecule has 1 saturated heterocycles. The maximum atomic E-state index is 13.2. The molecule has 1 saturated carbocycles. The molecule has 0 bridgehead atoms. The Balaban J connectivity index is 1.37. The van der Waals surface area contributed by atoms with Crippen LogP contribution in [0, 0.1) is 0 Å². The van der Waals surface area contributed by atoms with Crippen LogP contribution in [0.25, 0.3) is 0 Å². The van der Waals surface area contributed by atoms with Crippen molar-refractivity contribution in [2.24, 2.45) is 0 Å². The number of benzene rings is 2. The zero-order valence-corrected chi connectivity index (χ0v) is 17.8. The van der Waals surface area contributed by atoms with E-state index in [-0.39, 0.29) is 23.5 Å². The molecule has 1 N–H and O–H groups in total. The molecule has 1 aliphatic carbocycles. The van der Waals surface area contributed by atoms with Crippen LogP contribution >= 0.6 is 15.9 Å². The summed E-state index contributed by atoms with van der Waals surface area (Å²) in [4.78, 5) is 13.2. The third-order valence-electron chi connectivity index (χ3n) is 6.58. The Hall–Kier alpha value is -2.05. The molecule has 2 aromatic rings. The number of hydrogen-bond acceptors (Lipinski definition) is 4. The van der Waals surface area contributed by atoms with E-state index in [9.17, 15) is 4.79 Å². The average Bonchev–Trinajstić information content (AvgIpc) is 3.43. The van der Waals surface area contributed by atoms with Crippen molar-refractivity contribution >= 4 is 21.8 Å².